The van der Waals surface area contributed by atoms with Crippen LogP contribution in [0.25, 0.3) is 0 Å². The summed E-state index contributed by atoms with van der Waals surface area (Å²) in [4.78, 5) is 7.98. The number of methoxy groups -OCH3 is 4. The van der Waals surface area contributed by atoms with E-state index in [1.54, 1.807) is 89.1 Å². The van der Waals surface area contributed by atoms with Crippen LogP contribution in [0, 0.1) is 0 Å². The molecule has 0 saturated heterocycles. The Kier molecular flexibility index (Phi) is 17.5. The molecule has 0 bridgehead atoms. The van der Waals surface area contributed by atoms with E-state index in [4.69, 9.17) is 40.4 Å². The van der Waals surface area contributed by atoms with E-state index in [9.17, 15) is 16.8 Å². The van der Waals surface area contributed by atoms with E-state index in [0.29, 0.717) is 29.4 Å². The molecule has 0 aliphatic carbocycles. The molecule has 0 radical (unpaired) electrons. The van der Waals surface area contributed by atoms with Gasteiger partial charge in [0.1, 0.15) is 37.9 Å². The van der Waals surface area contributed by atoms with Gasteiger partial charge >= 0.3 is 0 Å². The van der Waals surface area contributed by atoms with Gasteiger partial charge in [0.15, 0.2) is 0 Å². The van der Waals surface area contributed by atoms with Crippen molar-refractivity contribution in [3.8, 4) is 28.9 Å². The van der Waals surface area contributed by atoms with Gasteiger partial charge in [0.25, 0.3) is 0 Å². The van der Waals surface area contributed by atoms with E-state index in [0.717, 1.165) is 22.3 Å². The first-order chi connectivity index (χ1) is 29.9. The fourth-order valence-electron chi connectivity index (χ4n) is 5.95. The number of hydrogen-bond donors (Lipinski definition) is 1. The molecule has 0 fully saturated rings. The maximum absolute atomic E-state index is 13.7. The second kappa shape index (κ2) is 22.9. The van der Waals surface area contributed by atoms with Crippen LogP contribution in [0.15, 0.2) is 144 Å². The fourth-order valence-corrected chi connectivity index (χ4v) is 9.29. The van der Waals surface area contributed by atoms with E-state index >= 15 is 0 Å². The van der Waals surface area contributed by atoms with Crippen molar-refractivity contribution < 1.29 is 45.6 Å². The van der Waals surface area contributed by atoms with Gasteiger partial charge in [0.2, 0.25) is 25.9 Å². The lowest BCUT2D eigenvalue weighted by Crippen LogP contribution is -2.31. The van der Waals surface area contributed by atoms with Crippen LogP contribution in [-0.4, -0.2) is 82.2 Å². The molecule has 0 unspecified atom stereocenters. The first-order valence-corrected chi connectivity index (χ1v) is 22.5. The van der Waals surface area contributed by atoms with Gasteiger partial charge in [0, 0.05) is 51.6 Å². The molecule has 0 aliphatic heterocycles. The molecule has 0 spiro atoms. The normalized spacial score (nSPS) is 11.4. The van der Waals surface area contributed by atoms with Crippen LogP contribution >= 0.6 is 11.6 Å². The van der Waals surface area contributed by atoms with E-state index in [1.165, 1.54) is 33.1 Å². The summed E-state index contributed by atoms with van der Waals surface area (Å²) < 4.78 is 83.3. The Labute approximate surface area is 368 Å². The molecule has 2 heterocycles. The zero-order valence-corrected chi connectivity index (χ0v) is 37.1. The number of halogens is 1. The van der Waals surface area contributed by atoms with E-state index < -0.39 is 20.0 Å². The second-order valence-electron chi connectivity index (χ2n) is 13.5. The third-order valence-corrected chi connectivity index (χ3v) is 13.4. The number of sulfonamides is 2. The minimum Gasteiger partial charge on any atom is -0.497 e. The van der Waals surface area contributed by atoms with Crippen molar-refractivity contribution in [3.05, 3.63) is 161 Å². The Balaban J connectivity index is 0.000000236. The predicted octanol–water partition coefficient (Wildman–Crippen LogP) is 7.39. The molecule has 6 aromatic rings. The molecule has 14 nitrogen and oxygen atoms in total. The third kappa shape index (κ3) is 12.9. The van der Waals surface area contributed by atoms with Crippen molar-refractivity contribution in [2.45, 2.75) is 42.4 Å². The van der Waals surface area contributed by atoms with Crippen LogP contribution in [0.3, 0.4) is 0 Å². The zero-order valence-electron chi connectivity index (χ0n) is 34.8. The number of nitrogens with zero attached hydrogens (tertiary/aromatic N) is 4. The number of rotatable bonds is 20. The van der Waals surface area contributed by atoms with Gasteiger partial charge in [-0.05, 0) is 95.1 Å². The number of aliphatic hydroxyl groups is 1. The SMILES string of the molecule is COc1ccc(CN(Cc2ccc(OC)cc2)S(=O)(=O)c2cccnc2Cl)cc1.COc1ccc(CN(Cc2ccc(OC)cc2)S(=O)(=O)c2cccnc2OCCCO)cc1. The molecule has 17 heteroatoms. The maximum Gasteiger partial charge on any atom is 0.249 e. The van der Waals surface area contributed by atoms with Gasteiger partial charge in [-0.25, -0.2) is 26.8 Å². The molecule has 2 aromatic heterocycles. The van der Waals surface area contributed by atoms with Crippen LogP contribution in [0.2, 0.25) is 5.15 Å². The van der Waals surface area contributed by atoms with Crippen LogP contribution < -0.4 is 23.7 Å². The Morgan fingerprint density at radius 2 is 0.855 bits per heavy atom. The van der Waals surface area contributed by atoms with Crippen molar-refractivity contribution in [1.82, 2.24) is 18.6 Å². The highest BCUT2D eigenvalue weighted by atomic mass is 35.5. The molecule has 0 amide bonds. The standard InChI is InChI=1S/C24H28N2O6S.C21H21ClN2O4S/c1-30-21-10-6-19(7-11-21)17-26(18-20-8-12-22(31-2)13-9-20)33(28,29)23-5-3-14-25-24(23)32-16-4-15-27;1-27-18-9-5-16(6-10-18)14-24(15-17-7-11-19(28-2)12-8-17)29(25,26)20-4-3-13-23-21(20)22/h3,5-14,27H,4,15-18H2,1-2H3;3-13H,14-15H2,1-2H3. The quantitative estimate of drug-likeness (QED) is 0.0597. The summed E-state index contributed by atoms with van der Waals surface area (Å²) in [5.41, 5.74) is 3.25. The van der Waals surface area contributed by atoms with Crippen molar-refractivity contribution >= 4 is 31.6 Å². The molecule has 1 N–H and O–H groups in total. The van der Waals surface area contributed by atoms with Crippen molar-refractivity contribution in [2.75, 3.05) is 41.7 Å². The van der Waals surface area contributed by atoms with Crippen LogP contribution in [0.4, 0.5) is 0 Å². The fraction of sp³-hybridized carbons (Fsp3) is 0.244. The van der Waals surface area contributed by atoms with Crippen LogP contribution in [0.5, 0.6) is 28.9 Å². The highest BCUT2D eigenvalue weighted by Gasteiger charge is 2.30. The first-order valence-electron chi connectivity index (χ1n) is 19.2. The Bertz CT molecular complexity index is 2430. The molecule has 0 saturated carbocycles. The summed E-state index contributed by atoms with van der Waals surface area (Å²) >= 11 is 6.09. The van der Waals surface area contributed by atoms with Gasteiger partial charge in [-0.15, -0.1) is 0 Å². The lowest BCUT2D eigenvalue weighted by atomic mass is 10.2. The lowest BCUT2D eigenvalue weighted by Gasteiger charge is -2.23. The Morgan fingerprint density at radius 3 is 1.19 bits per heavy atom. The monoisotopic (exact) mass is 904 g/mol. The predicted molar refractivity (Wildman–Crippen MR) is 236 cm³/mol. The van der Waals surface area contributed by atoms with Crippen LogP contribution in [-0.2, 0) is 46.2 Å². The largest absolute Gasteiger partial charge is 0.497 e. The summed E-state index contributed by atoms with van der Waals surface area (Å²) in [6, 6.07) is 35.1. The van der Waals surface area contributed by atoms with Gasteiger partial charge in [-0.3, -0.25) is 0 Å². The number of aromatic nitrogens is 2. The molecule has 0 aliphatic rings. The van der Waals surface area contributed by atoms with Gasteiger partial charge in [0.05, 0.1) is 35.0 Å². The van der Waals surface area contributed by atoms with Crippen molar-refractivity contribution in [2.24, 2.45) is 0 Å². The minimum atomic E-state index is -3.98. The smallest absolute Gasteiger partial charge is 0.249 e. The first kappa shape index (κ1) is 47.3. The number of aliphatic hydroxyl groups excluding tert-OH is 1. The average Bonchev–Trinajstić information content (AvgIpc) is 3.30. The number of hydrogen-bond acceptors (Lipinski definition) is 12. The summed E-state index contributed by atoms with van der Waals surface area (Å²) in [7, 11) is -1.53. The zero-order chi connectivity index (χ0) is 44.5. The van der Waals surface area contributed by atoms with Gasteiger partial charge in [-0.2, -0.15) is 8.61 Å². The number of benzene rings is 4. The highest BCUT2D eigenvalue weighted by Crippen LogP contribution is 2.29. The maximum atomic E-state index is 13.7. The molecule has 4 aromatic carbocycles. The van der Waals surface area contributed by atoms with Crippen molar-refractivity contribution in [3.63, 3.8) is 0 Å². The minimum absolute atomic E-state index is 0.0143. The van der Waals surface area contributed by atoms with Crippen molar-refractivity contribution in [1.29, 1.82) is 0 Å². The molecular weight excluding hydrogens is 856 g/mol. The van der Waals surface area contributed by atoms with E-state index in [-0.39, 0.29) is 60.2 Å². The summed E-state index contributed by atoms with van der Waals surface area (Å²) in [6.45, 7) is 0.725. The summed E-state index contributed by atoms with van der Waals surface area (Å²) in [5.74, 6) is 2.80. The molecule has 328 valence electrons. The molecular formula is C45H49ClN4O10S2. The number of pyridine rings is 2. The Hall–Kier alpha value is -5.75. The number of ether oxygens (including phenoxy) is 5. The van der Waals surface area contributed by atoms with E-state index in [1.807, 2.05) is 48.5 Å². The second-order valence-corrected chi connectivity index (χ2v) is 17.6. The average molecular weight is 905 g/mol. The molecule has 0 atom stereocenters. The molecule has 6 rings (SSSR count). The van der Waals surface area contributed by atoms with Crippen LogP contribution in [0.1, 0.15) is 28.7 Å². The van der Waals surface area contributed by atoms with E-state index in [2.05, 4.69) is 9.97 Å². The third-order valence-electron chi connectivity index (χ3n) is 9.31. The molecule has 62 heavy (non-hydrogen) atoms. The van der Waals surface area contributed by atoms with Gasteiger partial charge in [-0.1, -0.05) is 60.1 Å². The summed E-state index contributed by atoms with van der Waals surface area (Å²) in [5, 5.41) is 8.97. The lowest BCUT2D eigenvalue weighted by molar-refractivity contribution is 0.225. The topological polar surface area (TPSA) is 167 Å². The van der Waals surface area contributed by atoms with Gasteiger partial charge < -0.3 is 28.8 Å². The summed E-state index contributed by atoms with van der Waals surface area (Å²) in [6.07, 6.45) is 3.31. The Morgan fingerprint density at radius 1 is 0.516 bits per heavy atom. The highest BCUT2D eigenvalue weighted by molar-refractivity contribution is 7.89.